The number of nitrogens with one attached hydrogen (secondary N) is 1. The number of amides is 1. The van der Waals surface area contributed by atoms with Gasteiger partial charge >= 0.3 is 6.09 Å². The maximum absolute atomic E-state index is 12.7. The second-order valence-corrected chi connectivity index (χ2v) is 8.00. The van der Waals surface area contributed by atoms with Gasteiger partial charge in [0.2, 0.25) is 5.43 Å². The van der Waals surface area contributed by atoms with Gasteiger partial charge in [-0.2, -0.15) is 0 Å². The molecule has 1 aromatic carbocycles. The van der Waals surface area contributed by atoms with E-state index in [4.69, 9.17) is 21.1 Å². The van der Waals surface area contributed by atoms with Gasteiger partial charge < -0.3 is 18.8 Å². The van der Waals surface area contributed by atoms with E-state index in [0.29, 0.717) is 24.0 Å². The molecule has 1 amide bonds. The minimum atomic E-state index is -0.669. The molecule has 1 aliphatic heterocycles. The molecule has 1 aromatic heterocycles. The van der Waals surface area contributed by atoms with Crippen molar-refractivity contribution in [2.75, 3.05) is 32.8 Å². The normalized spacial score (nSPS) is 14.5. The van der Waals surface area contributed by atoms with E-state index in [-0.39, 0.29) is 17.2 Å². The fourth-order valence-electron chi connectivity index (χ4n) is 3.85. The molecule has 3 rings (SSSR count). The molecule has 1 aliphatic rings. The van der Waals surface area contributed by atoms with Gasteiger partial charge in [-0.1, -0.05) is 31.4 Å². The molecule has 0 bridgehead atoms. The van der Waals surface area contributed by atoms with Gasteiger partial charge in [-0.05, 0) is 30.5 Å². The number of aromatic nitrogens is 1. The highest BCUT2D eigenvalue weighted by atomic mass is 35.5. The monoisotopic (exact) mass is 448 g/mol. The van der Waals surface area contributed by atoms with Crippen molar-refractivity contribution in [3.63, 3.8) is 0 Å². The molecule has 1 atom stereocenters. The van der Waals surface area contributed by atoms with Crippen molar-refractivity contribution in [1.29, 1.82) is 0 Å². The summed E-state index contributed by atoms with van der Waals surface area (Å²) in [6, 6.07) is 5.55. The van der Waals surface area contributed by atoms with E-state index in [2.05, 4.69) is 21.5 Å². The van der Waals surface area contributed by atoms with Crippen LogP contribution in [-0.2, 0) is 15.9 Å². The Balaban J connectivity index is 2.00. The van der Waals surface area contributed by atoms with Crippen LogP contribution in [0.25, 0.3) is 11.3 Å². The number of hydrogen-bond acceptors (Lipinski definition) is 5. The van der Waals surface area contributed by atoms with Gasteiger partial charge in [-0.25, -0.2) is 4.79 Å². The molecular formula is C23H29ClN2O5. The fourth-order valence-corrected chi connectivity index (χ4v) is 4.07. The topological polar surface area (TPSA) is 78.8 Å². The molecule has 2 aromatic rings. The lowest BCUT2D eigenvalue weighted by atomic mass is 9.90. The summed E-state index contributed by atoms with van der Waals surface area (Å²) in [5, 5.41) is 3.01. The van der Waals surface area contributed by atoms with E-state index < -0.39 is 6.09 Å². The molecule has 31 heavy (non-hydrogen) atoms. The summed E-state index contributed by atoms with van der Waals surface area (Å²) in [5.74, 6) is 0.644. The number of nitrogens with zero attached hydrogens (tertiary/aromatic N) is 1. The predicted molar refractivity (Wildman–Crippen MR) is 121 cm³/mol. The summed E-state index contributed by atoms with van der Waals surface area (Å²) in [6.45, 7) is 3.29. The Morgan fingerprint density at radius 1 is 1.23 bits per heavy atom. The molecule has 0 saturated carbocycles. The fraction of sp³-hybridized carbons (Fsp3) is 0.478. The average molecular weight is 449 g/mol. The summed E-state index contributed by atoms with van der Waals surface area (Å²) in [6.07, 6.45) is 5.68. The number of methoxy groups -OCH3 is 2. The van der Waals surface area contributed by atoms with Crippen LogP contribution in [0.3, 0.4) is 0 Å². The highest BCUT2D eigenvalue weighted by molar-refractivity contribution is 6.32. The minimum Gasteiger partial charge on any atom is -0.492 e. The molecule has 1 unspecified atom stereocenters. The van der Waals surface area contributed by atoms with Gasteiger partial charge in [0.25, 0.3) is 0 Å². The van der Waals surface area contributed by atoms with Crippen molar-refractivity contribution < 1.29 is 19.0 Å². The van der Waals surface area contributed by atoms with Crippen LogP contribution >= 0.6 is 11.6 Å². The van der Waals surface area contributed by atoms with E-state index in [9.17, 15) is 9.59 Å². The summed E-state index contributed by atoms with van der Waals surface area (Å²) < 4.78 is 17.6. The minimum absolute atomic E-state index is 0.156. The number of fused-ring (bicyclic) bond motifs is 3. The molecule has 0 aliphatic carbocycles. The zero-order valence-electron chi connectivity index (χ0n) is 18.2. The molecular weight excluding hydrogens is 420 g/mol. The van der Waals surface area contributed by atoms with Crippen molar-refractivity contribution in [3.05, 3.63) is 45.2 Å². The van der Waals surface area contributed by atoms with Crippen LogP contribution in [0, 0.1) is 0 Å². The van der Waals surface area contributed by atoms with Crippen molar-refractivity contribution in [1.82, 2.24) is 4.57 Å². The summed E-state index contributed by atoms with van der Waals surface area (Å²) in [5.41, 5.74) is 2.71. The summed E-state index contributed by atoms with van der Waals surface area (Å²) in [4.78, 5) is 24.3. The smallest absolute Gasteiger partial charge is 0.411 e. The maximum Gasteiger partial charge on any atom is 0.411 e. The number of anilines is 1. The van der Waals surface area contributed by atoms with Crippen LogP contribution in [-0.4, -0.2) is 38.1 Å². The Bertz CT molecular complexity index is 989. The number of halogens is 1. The molecule has 168 valence electrons. The van der Waals surface area contributed by atoms with Gasteiger partial charge in [-0.15, -0.1) is 0 Å². The predicted octanol–water partition coefficient (Wildman–Crippen LogP) is 5.05. The quantitative estimate of drug-likeness (QED) is 0.543. The number of hydrogen-bond donors (Lipinski definition) is 1. The first-order valence-electron chi connectivity index (χ1n) is 10.5. The SMILES string of the molecule is CCCCC1Cc2cc(OCCCOC)c(Cl)cc2-c2cc(=O)c(NC(=O)OC)cn21. The Morgan fingerprint density at radius 3 is 2.74 bits per heavy atom. The van der Waals surface area contributed by atoms with Crippen LogP contribution in [0.15, 0.2) is 29.2 Å². The lowest BCUT2D eigenvalue weighted by Crippen LogP contribution is -2.25. The molecule has 0 radical (unpaired) electrons. The highest BCUT2D eigenvalue weighted by Gasteiger charge is 2.26. The Morgan fingerprint density at radius 2 is 2.03 bits per heavy atom. The lowest BCUT2D eigenvalue weighted by Gasteiger charge is -2.31. The van der Waals surface area contributed by atoms with E-state index in [1.54, 1.807) is 19.4 Å². The summed E-state index contributed by atoms with van der Waals surface area (Å²) >= 11 is 6.50. The first-order valence-corrected chi connectivity index (χ1v) is 10.9. The van der Waals surface area contributed by atoms with Gasteiger partial charge in [-0.3, -0.25) is 10.1 Å². The summed E-state index contributed by atoms with van der Waals surface area (Å²) in [7, 11) is 2.93. The standard InChI is InChI=1S/C23H29ClN2O5/c1-4-5-7-16-10-15-11-22(31-9-6-8-29-2)18(24)12-17(15)20-13-21(27)19(14-26(16)20)25-23(28)30-3/h11-14,16H,4-10H2,1-3H3,(H,25,28). The molecule has 8 heteroatoms. The lowest BCUT2D eigenvalue weighted by molar-refractivity contribution is 0.172. The second-order valence-electron chi connectivity index (χ2n) is 7.60. The molecule has 2 heterocycles. The van der Waals surface area contributed by atoms with Gasteiger partial charge in [0.15, 0.2) is 0 Å². The first-order chi connectivity index (χ1) is 15.0. The van der Waals surface area contributed by atoms with Gasteiger partial charge in [0.05, 0.1) is 24.4 Å². The van der Waals surface area contributed by atoms with Crippen molar-refractivity contribution in [3.8, 4) is 17.0 Å². The maximum atomic E-state index is 12.7. The number of carbonyl (C=O) groups excluding carboxylic acids is 1. The van der Waals surface area contributed by atoms with E-state index >= 15 is 0 Å². The Labute approximate surface area is 187 Å². The van der Waals surface area contributed by atoms with E-state index in [1.807, 2.05) is 12.1 Å². The highest BCUT2D eigenvalue weighted by Crippen LogP contribution is 2.41. The molecule has 1 N–H and O–H groups in total. The van der Waals surface area contributed by atoms with E-state index in [0.717, 1.165) is 48.9 Å². The number of ether oxygens (including phenoxy) is 3. The van der Waals surface area contributed by atoms with Crippen molar-refractivity contribution in [2.45, 2.75) is 45.1 Å². The third-order valence-electron chi connectivity index (χ3n) is 5.43. The largest absolute Gasteiger partial charge is 0.492 e. The van der Waals surface area contributed by atoms with Crippen molar-refractivity contribution >= 4 is 23.4 Å². The second kappa shape index (κ2) is 10.7. The average Bonchev–Trinajstić information content (AvgIpc) is 2.76. The number of benzene rings is 1. The van der Waals surface area contributed by atoms with Crippen LogP contribution < -0.4 is 15.5 Å². The van der Waals surface area contributed by atoms with Gasteiger partial charge in [0.1, 0.15) is 11.4 Å². The molecule has 7 nitrogen and oxygen atoms in total. The van der Waals surface area contributed by atoms with Crippen molar-refractivity contribution in [2.24, 2.45) is 0 Å². The zero-order valence-corrected chi connectivity index (χ0v) is 19.0. The van der Waals surface area contributed by atoms with E-state index in [1.165, 1.54) is 7.11 Å². The Kier molecular flexibility index (Phi) is 7.98. The van der Waals surface area contributed by atoms with Crippen LogP contribution in [0.2, 0.25) is 5.02 Å². The third kappa shape index (κ3) is 5.40. The zero-order chi connectivity index (χ0) is 22.4. The van der Waals surface area contributed by atoms with Crippen LogP contribution in [0.1, 0.15) is 44.2 Å². The molecule has 0 spiro atoms. The first kappa shape index (κ1) is 23.2. The number of rotatable bonds is 9. The van der Waals surface area contributed by atoms with Gasteiger partial charge in [0, 0.05) is 44.0 Å². The molecule has 0 saturated heterocycles. The Hall–Kier alpha value is -2.51. The van der Waals surface area contributed by atoms with Crippen LogP contribution in [0.5, 0.6) is 5.75 Å². The number of pyridine rings is 1. The number of carbonyl (C=O) groups is 1. The number of unbranched alkanes of at least 4 members (excludes halogenated alkanes) is 1. The van der Waals surface area contributed by atoms with Crippen LogP contribution in [0.4, 0.5) is 10.5 Å². The third-order valence-corrected chi connectivity index (χ3v) is 5.72. The molecule has 0 fully saturated rings.